The number of nitrogens with two attached hydrogens (primary N) is 1. The smallest absolute Gasteiger partial charge is 0.243 e. The molecule has 13 nitrogen and oxygen atoms in total. The molecule has 238 valence electrons. The van der Waals surface area contributed by atoms with Crippen molar-refractivity contribution in [3.63, 3.8) is 0 Å². The van der Waals surface area contributed by atoms with Crippen LogP contribution in [0, 0.1) is 5.92 Å². The van der Waals surface area contributed by atoms with Crippen LogP contribution in [0.4, 0.5) is 0 Å². The third-order valence-electron chi connectivity index (χ3n) is 8.29. The Kier molecular flexibility index (Phi) is 10.9. The van der Waals surface area contributed by atoms with Crippen LogP contribution < -0.4 is 26.4 Å². The molecule has 0 spiro atoms. The van der Waals surface area contributed by atoms with Gasteiger partial charge in [0.05, 0.1) is 36.7 Å². The second-order valence-electron chi connectivity index (χ2n) is 12.0. The Hall–Kier alpha value is -2.91. The molecule has 1 saturated carbocycles. The second kappa shape index (κ2) is 14.2. The standard InChI is InChI=1S/C29H43N5O8S/c1-18(32-25(35)15-21-16-31-11-12-41-21)27(37)34-24(14-20-7-9-22(10-8-20)43(30,39)40)28(38)33-23(13-19-5-3-4-6-19)26(36)29(2)17-42-29/h7-10,18-19,21,23-24,31H,3-6,11-17H2,1-2H3,(H,32,35)(H,33,38)(H,34,37)(H2,30,39,40)/t18-,21?,23-,24-,29+/m0/s1. The second-order valence-corrected chi connectivity index (χ2v) is 13.5. The summed E-state index contributed by atoms with van der Waals surface area (Å²) in [5.41, 5.74) is -0.377. The molecule has 1 aromatic rings. The fourth-order valence-electron chi connectivity index (χ4n) is 5.58. The minimum atomic E-state index is -3.91. The first-order chi connectivity index (χ1) is 20.3. The molecule has 3 aliphatic rings. The molecule has 1 unspecified atom stereocenters. The lowest BCUT2D eigenvalue weighted by Crippen LogP contribution is -2.57. The normalized spacial score (nSPS) is 24.4. The number of amides is 3. The summed E-state index contributed by atoms with van der Waals surface area (Å²) in [7, 11) is -3.91. The quantitative estimate of drug-likeness (QED) is 0.173. The molecule has 2 saturated heterocycles. The summed E-state index contributed by atoms with van der Waals surface area (Å²) >= 11 is 0. The number of nitrogens with one attached hydrogen (secondary N) is 4. The number of morpholine rings is 1. The highest BCUT2D eigenvalue weighted by atomic mass is 32.2. The Balaban J connectivity index is 1.46. The molecule has 43 heavy (non-hydrogen) atoms. The lowest BCUT2D eigenvalue weighted by atomic mass is 9.90. The summed E-state index contributed by atoms with van der Waals surface area (Å²) in [4.78, 5) is 52.7. The van der Waals surface area contributed by atoms with E-state index >= 15 is 0 Å². The highest BCUT2D eigenvalue weighted by Gasteiger charge is 2.50. The van der Waals surface area contributed by atoms with E-state index in [4.69, 9.17) is 14.6 Å². The number of carbonyl (C=O) groups is 4. The first-order valence-electron chi connectivity index (χ1n) is 14.9. The Morgan fingerprint density at radius 3 is 2.28 bits per heavy atom. The highest BCUT2D eigenvalue weighted by Crippen LogP contribution is 2.33. The van der Waals surface area contributed by atoms with E-state index in [1.807, 2.05) is 0 Å². The number of ketones is 1. The minimum absolute atomic E-state index is 0.00281. The van der Waals surface area contributed by atoms with Crippen LogP contribution in [0.5, 0.6) is 0 Å². The Labute approximate surface area is 252 Å². The van der Waals surface area contributed by atoms with Crippen LogP contribution in [-0.4, -0.2) is 88.1 Å². The molecule has 1 aliphatic carbocycles. The van der Waals surface area contributed by atoms with Crippen LogP contribution in [-0.2, 0) is 45.1 Å². The van der Waals surface area contributed by atoms with E-state index < -0.39 is 45.6 Å². The number of ether oxygens (including phenoxy) is 2. The maximum Gasteiger partial charge on any atom is 0.243 e. The number of epoxide rings is 1. The number of hydrogen-bond acceptors (Lipinski definition) is 9. The van der Waals surface area contributed by atoms with Gasteiger partial charge in [0, 0.05) is 19.5 Å². The molecule has 5 atom stereocenters. The van der Waals surface area contributed by atoms with E-state index in [0.29, 0.717) is 44.2 Å². The van der Waals surface area contributed by atoms with Gasteiger partial charge in [-0.3, -0.25) is 19.2 Å². The predicted molar refractivity (Wildman–Crippen MR) is 156 cm³/mol. The first-order valence-corrected chi connectivity index (χ1v) is 16.4. The number of sulfonamides is 1. The third-order valence-corrected chi connectivity index (χ3v) is 9.22. The molecule has 2 aliphatic heterocycles. The van der Waals surface area contributed by atoms with E-state index in [0.717, 1.165) is 25.7 Å². The van der Waals surface area contributed by atoms with Gasteiger partial charge in [0.25, 0.3) is 0 Å². The summed E-state index contributed by atoms with van der Waals surface area (Å²) in [6, 6.07) is 2.80. The number of rotatable bonds is 14. The van der Waals surface area contributed by atoms with Crippen LogP contribution >= 0.6 is 0 Å². The molecule has 3 amide bonds. The highest BCUT2D eigenvalue weighted by molar-refractivity contribution is 7.89. The lowest BCUT2D eigenvalue weighted by Gasteiger charge is -2.27. The van der Waals surface area contributed by atoms with Crippen LogP contribution in [0.3, 0.4) is 0 Å². The molecule has 3 fully saturated rings. The molecular formula is C29H43N5O8S. The van der Waals surface area contributed by atoms with Crippen LogP contribution in [0.2, 0.25) is 0 Å². The van der Waals surface area contributed by atoms with E-state index in [2.05, 4.69) is 21.3 Å². The average Bonchev–Trinajstić information content (AvgIpc) is 3.50. The Bertz CT molecular complexity index is 1270. The van der Waals surface area contributed by atoms with Gasteiger partial charge in [-0.25, -0.2) is 13.6 Å². The molecule has 1 aromatic carbocycles. The van der Waals surface area contributed by atoms with Gasteiger partial charge in [-0.2, -0.15) is 0 Å². The van der Waals surface area contributed by atoms with E-state index in [9.17, 15) is 27.6 Å². The number of hydrogen-bond donors (Lipinski definition) is 5. The summed E-state index contributed by atoms with van der Waals surface area (Å²) in [5.74, 6) is -1.42. The molecular weight excluding hydrogens is 578 g/mol. The van der Waals surface area contributed by atoms with Crippen LogP contribution in [0.15, 0.2) is 29.2 Å². The monoisotopic (exact) mass is 621 g/mol. The van der Waals surface area contributed by atoms with Crippen LogP contribution in [0.1, 0.15) is 57.9 Å². The van der Waals surface area contributed by atoms with Gasteiger partial charge < -0.3 is 30.7 Å². The minimum Gasteiger partial charge on any atom is -0.375 e. The maximum absolute atomic E-state index is 13.7. The van der Waals surface area contributed by atoms with Crippen molar-refractivity contribution in [2.24, 2.45) is 11.1 Å². The third kappa shape index (κ3) is 9.54. The van der Waals surface area contributed by atoms with Gasteiger partial charge in [0.2, 0.25) is 27.7 Å². The van der Waals surface area contributed by atoms with Crippen molar-refractivity contribution in [3.8, 4) is 0 Å². The van der Waals surface area contributed by atoms with E-state index in [1.165, 1.54) is 31.2 Å². The summed E-state index contributed by atoms with van der Waals surface area (Å²) in [5, 5.41) is 16.6. The number of benzene rings is 1. The maximum atomic E-state index is 13.7. The zero-order valence-electron chi connectivity index (χ0n) is 24.7. The molecule has 2 heterocycles. The Morgan fingerprint density at radius 1 is 1.05 bits per heavy atom. The van der Waals surface area contributed by atoms with Gasteiger partial charge in [0.1, 0.15) is 17.7 Å². The molecule has 6 N–H and O–H groups in total. The molecule has 0 bridgehead atoms. The van der Waals surface area contributed by atoms with Crippen molar-refractivity contribution in [1.82, 2.24) is 21.3 Å². The zero-order valence-corrected chi connectivity index (χ0v) is 25.5. The first kappa shape index (κ1) is 33.0. The molecule has 4 rings (SSSR count). The van der Waals surface area contributed by atoms with Crippen LogP contribution in [0.25, 0.3) is 0 Å². The van der Waals surface area contributed by atoms with Crippen molar-refractivity contribution in [2.75, 3.05) is 26.3 Å². The largest absolute Gasteiger partial charge is 0.375 e. The van der Waals surface area contributed by atoms with Crippen molar-refractivity contribution >= 4 is 33.5 Å². The topological polar surface area (TPSA) is 198 Å². The fraction of sp³-hybridized carbons (Fsp3) is 0.655. The van der Waals surface area contributed by atoms with Crippen molar-refractivity contribution in [2.45, 2.75) is 93.5 Å². The number of primary sulfonamides is 1. The summed E-state index contributed by atoms with van der Waals surface area (Å²) < 4.78 is 34.3. The predicted octanol–water partition coefficient (Wildman–Crippen LogP) is -0.332. The van der Waals surface area contributed by atoms with Gasteiger partial charge in [0.15, 0.2) is 5.78 Å². The van der Waals surface area contributed by atoms with Gasteiger partial charge in [-0.1, -0.05) is 37.8 Å². The SMILES string of the molecule is C[C@H](NC(=O)CC1CNCCO1)C(=O)N[C@@H](Cc1ccc(S(N)(=O)=O)cc1)C(=O)N[C@@H](CC1CCCC1)C(=O)[C@@]1(C)CO1. The summed E-state index contributed by atoms with van der Waals surface area (Å²) in [6.45, 7) is 5.25. The molecule has 0 radical (unpaired) electrons. The van der Waals surface area contributed by atoms with Gasteiger partial charge in [-0.05, 0) is 43.9 Å². The molecule has 0 aromatic heterocycles. The van der Waals surface area contributed by atoms with E-state index in [1.54, 1.807) is 6.92 Å². The summed E-state index contributed by atoms with van der Waals surface area (Å²) in [6.07, 6.45) is 4.38. The number of carbonyl (C=O) groups excluding carboxylic acids is 4. The molecule has 14 heteroatoms. The van der Waals surface area contributed by atoms with Crippen molar-refractivity contribution in [1.29, 1.82) is 0 Å². The van der Waals surface area contributed by atoms with E-state index in [-0.39, 0.29) is 35.5 Å². The average molecular weight is 622 g/mol. The van der Waals surface area contributed by atoms with Gasteiger partial charge >= 0.3 is 0 Å². The lowest BCUT2D eigenvalue weighted by molar-refractivity contribution is -0.134. The van der Waals surface area contributed by atoms with Crippen molar-refractivity contribution in [3.05, 3.63) is 29.8 Å². The van der Waals surface area contributed by atoms with Gasteiger partial charge in [-0.15, -0.1) is 0 Å². The number of Topliss-reactive ketones (excluding diaryl/α,β-unsaturated/α-hetero) is 1. The Morgan fingerprint density at radius 2 is 1.70 bits per heavy atom. The fourth-order valence-corrected chi connectivity index (χ4v) is 6.10. The zero-order chi connectivity index (χ0) is 31.2. The van der Waals surface area contributed by atoms with Crippen molar-refractivity contribution < 1.29 is 37.1 Å².